The van der Waals surface area contributed by atoms with Gasteiger partial charge in [0.15, 0.2) is 0 Å². The number of hydrogen-bond acceptors (Lipinski definition) is 5. The molecule has 6 heteroatoms. The molecule has 6 nitrogen and oxygen atoms in total. The molecule has 0 radical (unpaired) electrons. The molecule has 25 heavy (non-hydrogen) atoms. The van der Waals surface area contributed by atoms with E-state index in [1.165, 1.54) is 0 Å². The van der Waals surface area contributed by atoms with Gasteiger partial charge >= 0.3 is 0 Å². The number of pyridine rings is 1. The second kappa shape index (κ2) is 7.03. The van der Waals surface area contributed by atoms with E-state index in [9.17, 15) is 4.79 Å². The van der Waals surface area contributed by atoms with Crippen molar-refractivity contribution in [2.24, 2.45) is 0 Å². The zero-order valence-electron chi connectivity index (χ0n) is 14.0. The lowest BCUT2D eigenvalue weighted by atomic mass is 10.1. The summed E-state index contributed by atoms with van der Waals surface area (Å²) in [4.78, 5) is 26.3. The topological polar surface area (TPSA) is 73.9 Å². The Morgan fingerprint density at radius 2 is 1.92 bits per heavy atom. The molecule has 1 aliphatic rings. The number of fused-ring (bicyclic) bond motifs is 1. The molecule has 0 bridgehead atoms. The molecule has 0 saturated carbocycles. The Morgan fingerprint density at radius 1 is 1.12 bits per heavy atom. The Bertz CT molecular complexity index is 900. The Labute approximate surface area is 145 Å². The second-order valence-electron chi connectivity index (χ2n) is 6.45. The maximum atomic E-state index is 12.1. The van der Waals surface area contributed by atoms with Crippen LogP contribution in [-0.4, -0.2) is 39.0 Å². The van der Waals surface area contributed by atoms with Crippen molar-refractivity contribution in [1.82, 2.24) is 19.9 Å². The number of aromatic amines is 1. The van der Waals surface area contributed by atoms with Crippen LogP contribution in [0.3, 0.4) is 0 Å². The summed E-state index contributed by atoms with van der Waals surface area (Å²) in [6.07, 6.45) is 3.87. The van der Waals surface area contributed by atoms with Gasteiger partial charge in [-0.3, -0.25) is 19.7 Å². The van der Waals surface area contributed by atoms with Crippen LogP contribution in [0.25, 0.3) is 10.9 Å². The normalized spacial score (nSPS) is 16.2. The van der Waals surface area contributed by atoms with E-state index >= 15 is 0 Å². The maximum Gasteiger partial charge on any atom is 0.260 e. The largest absolute Gasteiger partial charge is 0.353 e. The average Bonchev–Trinajstić information content (AvgIpc) is 2.64. The van der Waals surface area contributed by atoms with E-state index in [1.54, 1.807) is 6.07 Å². The first-order valence-corrected chi connectivity index (χ1v) is 8.66. The quantitative estimate of drug-likeness (QED) is 0.766. The molecule has 0 spiro atoms. The van der Waals surface area contributed by atoms with Crippen LogP contribution >= 0.6 is 0 Å². The SMILES string of the molecule is O=c1[nH]c(NC2CCN(Cc3ccccn3)CC2)nc2ccccc12. The molecule has 3 aromatic rings. The minimum atomic E-state index is -0.0966. The van der Waals surface area contributed by atoms with E-state index in [1.807, 2.05) is 36.5 Å². The van der Waals surface area contributed by atoms with Gasteiger partial charge in [0.2, 0.25) is 5.95 Å². The third-order valence-electron chi connectivity index (χ3n) is 4.65. The van der Waals surface area contributed by atoms with Gasteiger partial charge < -0.3 is 5.32 Å². The Balaban J connectivity index is 1.38. The lowest BCUT2D eigenvalue weighted by Crippen LogP contribution is -2.39. The number of benzene rings is 1. The highest BCUT2D eigenvalue weighted by Gasteiger charge is 2.20. The maximum absolute atomic E-state index is 12.1. The fourth-order valence-corrected chi connectivity index (χ4v) is 3.30. The van der Waals surface area contributed by atoms with Gasteiger partial charge in [0, 0.05) is 31.9 Å². The first-order chi connectivity index (χ1) is 12.3. The third-order valence-corrected chi connectivity index (χ3v) is 4.65. The molecular weight excluding hydrogens is 314 g/mol. The Kier molecular flexibility index (Phi) is 4.43. The number of likely N-dealkylation sites (tertiary alicyclic amines) is 1. The predicted molar refractivity (Wildman–Crippen MR) is 98.5 cm³/mol. The standard InChI is InChI=1S/C19H21N5O/c25-18-16-6-1-2-7-17(16)22-19(23-18)21-14-8-11-24(12-9-14)13-15-5-3-4-10-20-15/h1-7,10,14H,8-9,11-13H2,(H2,21,22,23,25). The van der Waals surface area contributed by atoms with Crippen molar-refractivity contribution in [3.05, 3.63) is 64.7 Å². The molecule has 1 fully saturated rings. The smallest absolute Gasteiger partial charge is 0.260 e. The Hall–Kier alpha value is -2.73. The fraction of sp³-hybridized carbons (Fsp3) is 0.316. The molecule has 1 aliphatic heterocycles. The van der Waals surface area contributed by atoms with Gasteiger partial charge in [0.25, 0.3) is 5.56 Å². The number of aromatic nitrogens is 3. The number of H-pyrrole nitrogens is 1. The number of anilines is 1. The molecule has 3 heterocycles. The summed E-state index contributed by atoms with van der Waals surface area (Å²) in [5.41, 5.74) is 1.73. The van der Waals surface area contributed by atoms with Crippen LogP contribution in [0.4, 0.5) is 5.95 Å². The summed E-state index contributed by atoms with van der Waals surface area (Å²) < 4.78 is 0. The molecule has 4 rings (SSSR count). The molecule has 2 N–H and O–H groups in total. The van der Waals surface area contributed by atoms with Crippen molar-refractivity contribution in [1.29, 1.82) is 0 Å². The van der Waals surface area contributed by atoms with Crippen LogP contribution in [0, 0.1) is 0 Å². The third kappa shape index (κ3) is 3.69. The lowest BCUT2D eigenvalue weighted by molar-refractivity contribution is 0.209. The van der Waals surface area contributed by atoms with E-state index in [0.717, 1.165) is 43.7 Å². The van der Waals surface area contributed by atoms with Crippen molar-refractivity contribution in [3.63, 3.8) is 0 Å². The molecule has 0 unspecified atom stereocenters. The van der Waals surface area contributed by atoms with Gasteiger partial charge in [-0.05, 0) is 37.1 Å². The summed E-state index contributed by atoms with van der Waals surface area (Å²) in [5, 5.41) is 4.01. The molecule has 1 aromatic carbocycles. The van der Waals surface area contributed by atoms with Gasteiger partial charge in [-0.1, -0.05) is 18.2 Å². The second-order valence-corrected chi connectivity index (χ2v) is 6.45. The van der Waals surface area contributed by atoms with E-state index in [2.05, 4.69) is 31.2 Å². The van der Waals surface area contributed by atoms with Crippen LogP contribution in [0.15, 0.2) is 53.5 Å². The zero-order chi connectivity index (χ0) is 17.1. The van der Waals surface area contributed by atoms with E-state index in [0.29, 0.717) is 17.4 Å². The first-order valence-electron chi connectivity index (χ1n) is 8.66. The highest BCUT2D eigenvalue weighted by molar-refractivity contribution is 5.78. The summed E-state index contributed by atoms with van der Waals surface area (Å²) >= 11 is 0. The molecule has 1 saturated heterocycles. The number of rotatable bonds is 4. The van der Waals surface area contributed by atoms with Gasteiger partial charge in [-0.2, -0.15) is 0 Å². The molecule has 2 aromatic heterocycles. The summed E-state index contributed by atoms with van der Waals surface area (Å²) in [7, 11) is 0. The van der Waals surface area contributed by atoms with Crippen molar-refractivity contribution in [2.75, 3.05) is 18.4 Å². The molecular formula is C19H21N5O. The van der Waals surface area contributed by atoms with Gasteiger partial charge in [0.1, 0.15) is 0 Å². The van der Waals surface area contributed by atoms with E-state index in [4.69, 9.17) is 0 Å². The summed E-state index contributed by atoms with van der Waals surface area (Å²) in [6.45, 7) is 2.90. The van der Waals surface area contributed by atoms with Gasteiger partial charge in [-0.25, -0.2) is 4.98 Å². The van der Waals surface area contributed by atoms with Crippen LogP contribution in [-0.2, 0) is 6.54 Å². The van der Waals surface area contributed by atoms with Gasteiger partial charge in [-0.15, -0.1) is 0 Å². The average molecular weight is 335 g/mol. The van der Waals surface area contributed by atoms with E-state index in [-0.39, 0.29) is 5.56 Å². The monoisotopic (exact) mass is 335 g/mol. The highest BCUT2D eigenvalue weighted by Crippen LogP contribution is 2.16. The minimum absolute atomic E-state index is 0.0966. The van der Waals surface area contributed by atoms with Crippen LogP contribution in [0.2, 0.25) is 0 Å². The first kappa shape index (κ1) is 15.8. The summed E-state index contributed by atoms with van der Waals surface area (Å²) in [6, 6.07) is 13.8. The van der Waals surface area contributed by atoms with E-state index < -0.39 is 0 Å². The van der Waals surface area contributed by atoms with Crippen molar-refractivity contribution >= 4 is 16.9 Å². The number of hydrogen-bond donors (Lipinski definition) is 2. The lowest BCUT2D eigenvalue weighted by Gasteiger charge is -2.32. The predicted octanol–water partition coefficient (Wildman–Crippen LogP) is 2.39. The number of piperidine rings is 1. The molecule has 0 atom stereocenters. The van der Waals surface area contributed by atoms with Gasteiger partial charge in [0.05, 0.1) is 16.6 Å². The minimum Gasteiger partial charge on any atom is -0.353 e. The van der Waals surface area contributed by atoms with Crippen molar-refractivity contribution in [3.8, 4) is 0 Å². The highest BCUT2D eigenvalue weighted by atomic mass is 16.1. The number of para-hydroxylation sites is 1. The molecule has 0 aliphatic carbocycles. The molecule has 128 valence electrons. The Morgan fingerprint density at radius 3 is 2.72 bits per heavy atom. The molecule has 0 amide bonds. The van der Waals surface area contributed by atoms with Crippen LogP contribution < -0.4 is 10.9 Å². The number of nitrogens with zero attached hydrogens (tertiary/aromatic N) is 3. The summed E-state index contributed by atoms with van der Waals surface area (Å²) in [5.74, 6) is 0.562. The fourth-order valence-electron chi connectivity index (χ4n) is 3.30. The zero-order valence-corrected chi connectivity index (χ0v) is 14.0. The van der Waals surface area contributed by atoms with Crippen LogP contribution in [0.5, 0.6) is 0 Å². The van der Waals surface area contributed by atoms with Crippen LogP contribution in [0.1, 0.15) is 18.5 Å². The van der Waals surface area contributed by atoms with Crippen molar-refractivity contribution in [2.45, 2.75) is 25.4 Å². The van der Waals surface area contributed by atoms with Crippen molar-refractivity contribution < 1.29 is 0 Å². The number of nitrogens with one attached hydrogen (secondary N) is 2.